The van der Waals surface area contributed by atoms with Crippen LogP contribution in [0, 0.1) is 0 Å². The van der Waals surface area contributed by atoms with Crippen molar-refractivity contribution in [1.82, 2.24) is 10.3 Å². The quantitative estimate of drug-likeness (QED) is 0.864. The van der Waals surface area contributed by atoms with Crippen LogP contribution in [0.5, 0.6) is 0 Å². The van der Waals surface area contributed by atoms with Gasteiger partial charge in [0.05, 0.1) is 5.69 Å². The van der Waals surface area contributed by atoms with Gasteiger partial charge in [-0.25, -0.2) is 4.98 Å². The van der Waals surface area contributed by atoms with E-state index in [4.69, 9.17) is 0 Å². The zero-order chi connectivity index (χ0) is 12.9. The number of alkyl halides is 3. The van der Waals surface area contributed by atoms with Crippen LogP contribution in [-0.4, -0.2) is 31.3 Å². The maximum Gasteiger partial charge on any atom is 0.405 e. The van der Waals surface area contributed by atoms with Gasteiger partial charge in [0, 0.05) is 13.6 Å². The van der Waals surface area contributed by atoms with Gasteiger partial charge in [-0.15, -0.1) is 0 Å². The summed E-state index contributed by atoms with van der Waals surface area (Å²) in [5.41, 5.74) is 0.735. The van der Waals surface area contributed by atoms with Crippen LogP contribution in [0.3, 0.4) is 0 Å². The Bertz CT molecular complexity index is 352. The standard InChI is InChI=1S/C11H16F3N3/c1-3-15-7-9-5-4-6-10(16-9)17(2)8-11(12,13)14/h4-6,15H,3,7-8H2,1-2H3. The smallest absolute Gasteiger partial charge is 0.351 e. The fraction of sp³-hybridized carbons (Fsp3) is 0.545. The molecule has 0 saturated carbocycles. The molecule has 0 aliphatic heterocycles. The Morgan fingerprint density at radius 2 is 2.06 bits per heavy atom. The summed E-state index contributed by atoms with van der Waals surface area (Å²) in [5, 5.41) is 3.08. The van der Waals surface area contributed by atoms with E-state index in [0.29, 0.717) is 12.4 Å². The van der Waals surface area contributed by atoms with E-state index in [2.05, 4.69) is 10.3 Å². The van der Waals surface area contributed by atoms with E-state index in [1.807, 2.05) is 6.92 Å². The Hall–Kier alpha value is -1.30. The van der Waals surface area contributed by atoms with Gasteiger partial charge in [-0.2, -0.15) is 13.2 Å². The molecule has 96 valence electrons. The number of aromatic nitrogens is 1. The van der Waals surface area contributed by atoms with Crippen LogP contribution >= 0.6 is 0 Å². The largest absolute Gasteiger partial charge is 0.405 e. The molecular weight excluding hydrogens is 231 g/mol. The second kappa shape index (κ2) is 5.86. The number of hydrogen-bond donors (Lipinski definition) is 1. The number of nitrogens with one attached hydrogen (secondary N) is 1. The molecule has 1 aromatic rings. The molecule has 1 rings (SSSR count). The van der Waals surface area contributed by atoms with Crippen molar-refractivity contribution in [3.8, 4) is 0 Å². The van der Waals surface area contributed by atoms with Crippen LogP contribution in [0.1, 0.15) is 12.6 Å². The number of hydrogen-bond acceptors (Lipinski definition) is 3. The number of halogens is 3. The van der Waals surface area contributed by atoms with Gasteiger partial charge in [-0.05, 0) is 18.7 Å². The molecule has 1 aromatic heterocycles. The molecule has 1 heterocycles. The summed E-state index contributed by atoms with van der Waals surface area (Å²) >= 11 is 0. The van der Waals surface area contributed by atoms with Gasteiger partial charge in [-0.1, -0.05) is 13.0 Å². The number of anilines is 1. The molecule has 6 heteroatoms. The van der Waals surface area contributed by atoms with Gasteiger partial charge in [-0.3, -0.25) is 0 Å². The van der Waals surface area contributed by atoms with E-state index in [1.165, 1.54) is 7.05 Å². The Kier molecular flexibility index (Phi) is 4.74. The summed E-state index contributed by atoms with van der Waals surface area (Å²) in [6.07, 6.45) is -4.21. The van der Waals surface area contributed by atoms with Crippen molar-refractivity contribution >= 4 is 5.82 Å². The van der Waals surface area contributed by atoms with Crippen LogP contribution in [0.25, 0.3) is 0 Å². The highest BCUT2D eigenvalue weighted by Crippen LogP contribution is 2.19. The predicted molar refractivity (Wildman–Crippen MR) is 60.9 cm³/mol. The molecule has 0 fully saturated rings. The third-order valence-corrected chi connectivity index (χ3v) is 2.16. The van der Waals surface area contributed by atoms with Gasteiger partial charge >= 0.3 is 6.18 Å². The molecular formula is C11H16F3N3. The van der Waals surface area contributed by atoms with Crippen LogP contribution in [-0.2, 0) is 6.54 Å². The average molecular weight is 247 g/mol. The zero-order valence-electron chi connectivity index (χ0n) is 9.88. The monoisotopic (exact) mass is 247 g/mol. The summed E-state index contributed by atoms with van der Waals surface area (Å²) in [6.45, 7) is 2.32. The first-order valence-corrected chi connectivity index (χ1v) is 5.37. The van der Waals surface area contributed by atoms with E-state index in [-0.39, 0.29) is 0 Å². The summed E-state index contributed by atoms with van der Waals surface area (Å²) in [5.74, 6) is 0.331. The average Bonchev–Trinajstić information content (AvgIpc) is 2.24. The van der Waals surface area contributed by atoms with Crippen LogP contribution in [0.15, 0.2) is 18.2 Å². The zero-order valence-corrected chi connectivity index (χ0v) is 9.88. The van der Waals surface area contributed by atoms with Crippen molar-refractivity contribution in [2.45, 2.75) is 19.6 Å². The van der Waals surface area contributed by atoms with Crippen LogP contribution in [0.4, 0.5) is 19.0 Å². The molecule has 0 atom stereocenters. The van der Waals surface area contributed by atoms with Gasteiger partial charge in [0.1, 0.15) is 12.4 Å². The Labute approximate surface area is 98.6 Å². The summed E-state index contributed by atoms with van der Waals surface area (Å²) in [4.78, 5) is 5.25. The highest BCUT2D eigenvalue weighted by Gasteiger charge is 2.29. The molecule has 0 unspecified atom stereocenters. The first kappa shape index (κ1) is 13.8. The second-order valence-corrected chi connectivity index (χ2v) is 3.74. The fourth-order valence-corrected chi connectivity index (χ4v) is 1.38. The van der Waals surface area contributed by atoms with Crippen molar-refractivity contribution in [2.75, 3.05) is 25.0 Å². The topological polar surface area (TPSA) is 28.2 Å². The third-order valence-electron chi connectivity index (χ3n) is 2.16. The molecule has 0 saturated heterocycles. The normalized spacial score (nSPS) is 11.6. The van der Waals surface area contributed by atoms with Crippen molar-refractivity contribution < 1.29 is 13.2 Å². The predicted octanol–water partition coefficient (Wildman–Crippen LogP) is 2.19. The minimum absolute atomic E-state index is 0.331. The summed E-state index contributed by atoms with van der Waals surface area (Å²) in [6, 6.07) is 5.07. The summed E-state index contributed by atoms with van der Waals surface area (Å²) in [7, 11) is 1.38. The third kappa shape index (κ3) is 5.04. The lowest BCUT2D eigenvalue weighted by molar-refractivity contribution is -0.119. The molecule has 0 aliphatic rings. The molecule has 17 heavy (non-hydrogen) atoms. The Morgan fingerprint density at radius 3 is 2.65 bits per heavy atom. The highest BCUT2D eigenvalue weighted by atomic mass is 19.4. The van der Waals surface area contributed by atoms with Gasteiger partial charge in [0.2, 0.25) is 0 Å². The molecule has 0 radical (unpaired) electrons. The van der Waals surface area contributed by atoms with E-state index >= 15 is 0 Å². The molecule has 0 bridgehead atoms. The summed E-state index contributed by atoms with van der Waals surface area (Å²) < 4.78 is 36.6. The lowest BCUT2D eigenvalue weighted by Gasteiger charge is -2.20. The maximum atomic E-state index is 12.2. The maximum absolute atomic E-state index is 12.2. The van der Waals surface area contributed by atoms with Gasteiger partial charge in [0.25, 0.3) is 0 Å². The van der Waals surface area contributed by atoms with Crippen molar-refractivity contribution in [3.63, 3.8) is 0 Å². The Balaban J connectivity index is 2.70. The first-order valence-electron chi connectivity index (χ1n) is 5.37. The molecule has 1 N–H and O–H groups in total. The Morgan fingerprint density at radius 1 is 1.35 bits per heavy atom. The van der Waals surface area contributed by atoms with Gasteiger partial charge < -0.3 is 10.2 Å². The highest BCUT2D eigenvalue weighted by molar-refractivity contribution is 5.38. The molecule has 0 amide bonds. The molecule has 0 aliphatic carbocycles. The van der Waals surface area contributed by atoms with Crippen molar-refractivity contribution in [3.05, 3.63) is 23.9 Å². The van der Waals surface area contributed by atoms with Crippen molar-refractivity contribution in [1.29, 1.82) is 0 Å². The van der Waals surface area contributed by atoms with E-state index in [0.717, 1.165) is 17.1 Å². The second-order valence-electron chi connectivity index (χ2n) is 3.74. The minimum Gasteiger partial charge on any atom is -0.351 e. The van der Waals surface area contributed by atoms with Crippen LogP contribution < -0.4 is 10.2 Å². The lowest BCUT2D eigenvalue weighted by atomic mass is 10.3. The SMILES string of the molecule is CCNCc1cccc(N(C)CC(F)(F)F)n1. The fourth-order valence-electron chi connectivity index (χ4n) is 1.38. The first-order chi connectivity index (χ1) is 7.92. The van der Waals surface area contributed by atoms with Gasteiger partial charge in [0.15, 0.2) is 0 Å². The number of pyridine rings is 1. The minimum atomic E-state index is -4.21. The number of rotatable bonds is 5. The van der Waals surface area contributed by atoms with Crippen LogP contribution in [0.2, 0.25) is 0 Å². The molecule has 0 aromatic carbocycles. The van der Waals surface area contributed by atoms with E-state index in [1.54, 1.807) is 18.2 Å². The number of nitrogens with zero attached hydrogens (tertiary/aromatic N) is 2. The van der Waals surface area contributed by atoms with Crippen molar-refractivity contribution in [2.24, 2.45) is 0 Å². The lowest BCUT2D eigenvalue weighted by Crippen LogP contribution is -2.31. The van der Waals surface area contributed by atoms with E-state index < -0.39 is 12.7 Å². The molecule has 0 spiro atoms. The molecule has 3 nitrogen and oxygen atoms in total. The van der Waals surface area contributed by atoms with E-state index in [9.17, 15) is 13.2 Å².